The average Bonchev–Trinajstić information content (AvgIpc) is 2.47. The van der Waals surface area contributed by atoms with Crippen LogP contribution in [0.5, 0.6) is 0 Å². The Morgan fingerprint density at radius 2 is 2.00 bits per heavy atom. The molecule has 84 valence electrons. The summed E-state index contributed by atoms with van der Waals surface area (Å²) in [6.45, 7) is 6.04. The maximum Gasteiger partial charge on any atom is 0.222 e. The Kier molecular flexibility index (Phi) is 6.54. The molecule has 1 atom stereocenters. The van der Waals surface area contributed by atoms with E-state index in [1.54, 1.807) is 0 Å². The molecule has 1 aliphatic rings. The molecule has 0 aliphatic carbocycles. The van der Waals surface area contributed by atoms with Crippen molar-refractivity contribution in [1.82, 2.24) is 9.80 Å². The highest BCUT2D eigenvalue weighted by Crippen LogP contribution is 2.18. The van der Waals surface area contributed by atoms with E-state index in [2.05, 4.69) is 19.0 Å². The first kappa shape index (κ1) is 13.4. The summed E-state index contributed by atoms with van der Waals surface area (Å²) in [6.07, 6.45) is 1.90. The van der Waals surface area contributed by atoms with Gasteiger partial charge >= 0.3 is 0 Å². The van der Waals surface area contributed by atoms with Crippen molar-refractivity contribution in [2.75, 3.05) is 34.2 Å². The fourth-order valence-electron chi connectivity index (χ4n) is 1.59. The SMILES string of the molecule is CC.CN(C)CCC1CC(=O)N(C)C1. The molecule has 0 saturated carbocycles. The molecular formula is C11H24N2O. The lowest BCUT2D eigenvalue weighted by Crippen LogP contribution is -2.20. The summed E-state index contributed by atoms with van der Waals surface area (Å²) in [5.74, 6) is 0.892. The minimum atomic E-state index is 0.304. The topological polar surface area (TPSA) is 23.6 Å². The number of amides is 1. The van der Waals surface area contributed by atoms with Gasteiger partial charge in [0.25, 0.3) is 0 Å². The van der Waals surface area contributed by atoms with E-state index in [0.717, 1.165) is 25.9 Å². The van der Waals surface area contributed by atoms with Gasteiger partial charge in [0.05, 0.1) is 0 Å². The summed E-state index contributed by atoms with van der Waals surface area (Å²) >= 11 is 0. The van der Waals surface area contributed by atoms with Gasteiger partial charge in [-0.1, -0.05) is 13.8 Å². The van der Waals surface area contributed by atoms with Crippen LogP contribution in [0, 0.1) is 5.92 Å². The lowest BCUT2D eigenvalue weighted by atomic mass is 10.1. The van der Waals surface area contributed by atoms with Crippen LogP contribution in [-0.2, 0) is 4.79 Å². The van der Waals surface area contributed by atoms with Crippen LogP contribution >= 0.6 is 0 Å². The molecule has 3 heteroatoms. The van der Waals surface area contributed by atoms with Crippen LogP contribution in [0.2, 0.25) is 0 Å². The Balaban J connectivity index is 0.000000791. The second-order valence-electron chi connectivity index (χ2n) is 3.94. The minimum absolute atomic E-state index is 0.304. The monoisotopic (exact) mass is 200 g/mol. The molecule has 1 amide bonds. The zero-order valence-corrected chi connectivity index (χ0v) is 10.2. The summed E-state index contributed by atoms with van der Waals surface area (Å²) in [5, 5.41) is 0. The summed E-state index contributed by atoms with van der Waals surface area (Å²) in [5.41, 5.74) is 0. The van der Waals surface area contributed by atoms with Crippen molar-refractivity contribution in [2.45, 2.75) is 26.7 Å². The van der Waals surface area contributed by atoms with Crippen molar-refractivity contribution in [3.8, 4) is 0 Å². The Morgan fingerprint density at radius 3 is 2.36 bits per heavy atom. The molecule has 0 aromatic heterocycles. The Labute approximate surface area is 88.1 Å². The molecule has 0 bridgehead atoms. The third-order valence-corrected chi connectivity index (χ3v) is 2.41. The maximum atomic E-state index is 11.1. The first-order valence-corrected chi connectivity index (χ1v) is 5.48. The Hall–Kier alpha value is -0.570. The van der Waals surface area contributed by atoms with Gasteiger partial charge in [-0.05, 0) is 33.0 Å². The molecule has 1 unspecified atom stereocenters. The van der Waals surface area contributed by atoms with Crippen LogP contribution in [0.25, 0.3) is 0 Å². The van der Waals surface area contributed by atoms with Crippen molar-refractivity contribution < 1.29 is 4.79 Å². The predicted octanol–water partition coefficient (Wildman–Crippen LogP) is 1.44. The molecule has 1 rings (SSSR count). The van der Waals surface area contributed by atoms with Gasteiger partial charge in [-0.2, -0.15) is 0 Å². The van der Waals surface area contributed by atoms with E-state index in [0.29, 0.717) is 11.8 Å². The molecule has 1 heterocycles. The first-order valence-electron chi connectivity index (χ1n) is 5.48. The van der Waals surface area contributed by atoms with Gasteiger partial charge in [0.1, 0.15) is 0 Å². The van der Waals surface area contributed by atoms with Gasteiger partial charge in [0.15, 0.2) is 0 Å². The molecule has 0 N–H and O–H groups in total. The maximum absolute atomic E-state index is 11.1. The molecule has 3 nitrogen and oxygen atoms in total. The lowest BCUT2D eigenvalue weighted by molar-refractivity contribution is -0.126. The van der Waals surface area contributed by atoms with Crippen molar-refractivity contribution in [2.24, 2.45) is 5.92 Å². The summed E-state index contributed by atoms with van der Waals surface area (Å²) < 4.78 is 0. The number of carbonyl (C=O) groups excluding carboxylic acids is 1. The summed E-state index contributed by atoms with van der Waals surface area (Å²) in [7, 11) is 6.03. The lowest BCUT2D eigenvalue weighted by Gasteiger charge is -2.13. The van der Waals surface area contributed by atoms with E-state index < -0.39 is 0 Å². The molecule has 1 fully saturated rings. The van der Waals surface area contributed by atoms with Crippen molar-refractivity contribution in [3.63, 3.8) is 0 Å². The number of nitrogens with zero attached hydrogens (tertiary/aromatic N) is 2. The van der Waals surface area contributed by atoms with Gasteiger partial charge in [0, 0.05) is 20.0 Å². The molecule has 1 saturated heterocycles. The second kappa shape index (κ2) is 6.82. The van der Waals surface area contributed by atoms with Crippen molar-refractivity contribution in [3.05, 3.63) is 0 Å². The highest BCUT2D eigenvalue weighted by atomic mass is 16.2. The van der Waals surface area contributed by atoms with E-state index in [4.69, 9.17) is 0 Å². The third kappa shape index (κ3) is 4.61. The van der Waals surface area contributed by atoms with E-state index in [1.165, 1.54) is 0 Å². The predicted molar refractivity (Wildman–Crippen MR) is 60.3 cm³/mol. The molecule has 0 aromatic carbocycles. The second-order valence-corrected chi connectivity index (χ2v) is 3.94. The molecule has 0 spiro atoms. The smallest absolute Gasteiger partial charge is 0.222 e. The molecule has 0 radical (unpaired) electrons. The Morgan fingerprint density at radius 1 is 1.43 bits per heavy atom. The largest absolute Gasteiger partial charge is 0.345 e. The van der Waals surface area contributed by atoms with Gasteiger partial charge in [0.2, 0.25) is 5.91 Å². The number of carbonyl (C=O) groups is 1. The number of rotatable bonds is 3. The van der Waals surface area contributed by atoms with Crippen LogP contribution in [0.1, 0.15) is 26.7 Å². The van der Waals surface area contributed by atoms with E-state index in [1.807, 2.05) is 25.8 Å². The van der Waals surface area contributed by atoms with Crippen LogP contribution in [0.3, 0.4) is 0 Å². The fourth-order valence-corrected chi connectivity index (χ4v) is 1.59. The third-order valence-electron chi connectivity index (χ3n) is 2.41. The fraction of sp³-hybridized carbons (Fsp3) is 0.909. The minimum Gasteiger partial charge on any atom is -0.345 e. The standard InChI is InChI=1S/C9H18N2O.C2H6/c1-10(2)5-4-8-6-9(12)11(3)7-8;1-2/h8H,4-7H2,1-3H3;1-2H3. The molecule has 0 aromatic rings. The van der Waals surface area contributed by atoms with Crippen LogP contribution < -0.4 is 0 Å². The Bertz CT molecular complexity index is 169. The first-order chi connectivity index (χ1) is 6.59. The number of hydrogen-bond acceptors (Lipinski definition) is 2. The number of hydrogen-bond donors (Lipinski definition) is 0. The van der Waals surface area contributed by atoms with E-state index in [-0.39, 0.29) is 0 Å². The highest BCUT2D eigenvalue weighted by molar-refractivity contribution is 5.78. The normalized spacial score (nSPS) is 21.1. The van der Waals surface area contributed by atoms with Gasteiger partial charge in [-0.15, -0.1) is 0 Å². The zero-order valence-electron chi connectivity index (χ0n) is 10.2. The van der Waals surface area contributed by atoms with Gasteiger partial charge in [-0.25, -0.2) is 0 Å². The van der Waals surface area contributed by atoms with E-state index in [9.17, 15) is 4.79 Å². The summed E-state index contributed by atoms with van der Waals surface area (Å²) in [6, 6.07) is 0. The molecular weight excluding hydrogens is 176 g/mol. The average molecular weight is 200 g/mol. The van der Waals surface area contributed by atoms with Gasteiger partial charge < -0.3 is 9.80 Å². The molecule has 1 aliphatic heterocycles. The van der Waals surface area contributed by atoms with Crippen molar-refractivity contribution in [1.29, 1.82) is 0 Å². The number of likely N-dealkylation sites (tertiary alicyclic amines) is 1. The van der Waals surface area contributed by atoms with Gasteiger partial charge in [-0.3, -0.25) is 4.79 Å². The van der Waals surface area contributed by atoms with Crippen LogP contribution in [0.15, 0.2) is 0 Å². The highest BCUT2D eigenvalue weighted by Gasteiger charge is 2.25. The summed E-state index contributed by atoms with van der Waals surface area (Å²) in [4.78, 5) is 15.1. The van der Waals surface area contributed by atoms with Crippen molar-refractivity contribution >= 4 is 5.91 Å². The van der Waals surface area contributed by atoms with Crippen LogP contribution in [0.4, 0.5) is 0 Å². The van der Waals surface area contributed by atoms with Crippen LogP contribution in [-0.4, -0.2) is 49.9 Å². The van der Waals surface area contributed by atoms with E-state index >= 15 is 0 Å². The molecule has 14 heavy (non-hydrogen) atoms. The quantitative estimate of drug-likeness (QED) is 0.688. The zero-order chi connectivity index (χ0) is 11.1.